The van der Waals surface area contributed by atoms with Gasteiger partial charge in [-0.3, -0.25) is 0 Å². The van der Waals surface area contributed by atoms with Crippen LogP contribution in [0.15, 0.2) is 42.5 Å². The number of nitrogens with one attached hydrogen (secondary N) is 2. The molecule has 1 aliphatic heterocycles. The summed E-state index contributed by atoms with van der Waals surface area (Å²) < 4.78 is 27.3. The number of aryl methyl sites for hydroxylation is 1. The topological polar surface area (TPSA) is 58.2 Å². The zero-order valence-electron chi connectivity index (χ0n) is 15.0. The zero-order valence-corrected chi connectivity index (χ0v) is 16.5. The van der Waals surface area contributed by atoms with Crippen LogP contribution < -0.4 is 10.0 Å². The smallest absolute Gasteiger partial charge is 0.211 e. The molecule has 0 fully saturated rings. The molecule has 0 amide bonds. The molecule has 0 aliphatic carbocycles. The van der Waals surface area contributed by atoms with Crippen molar-refractivity contribution in [1.29, 1.82) is 0 Å². The second-order valence-electron chi connectivity index (χ2n) is 6.71. The highest BCUT2D eigenvalue weighted by Crippen LogP contribution is 2.25. The van der Waals surface area contributed by atoms with Crippen LogP contribution in [0.1, 0.15) is 41.6 Å². The van der Waals surface area contributed by atoms with Gasteiger partial charge in [-0.2, -0.15) is 0 Å². The fourth-order valence-corrected chi connectivity index (χ4v) is 4.23. The van der Waals surface area contributed by atoms with E-state index < -0.39 is 10.0 Å². The third-order valence-electron chi connectivity index (χ3n) is 4.80. The molecule has 140 valence electrons. The molecule has 1 heterocycles. The number of hydrogen-bond donors (Lipinski definition) is 2. The number of halogens is 1. The monoisotopic (exact) mass is 392 g/mol. The molecule has 0 bridgehead atoms. The summed E-state index contributed by atoms with van der Waals surface area (Å²) >= 11 is 5.97. The van der Waals surface area contributed by atoms with Gasteiger partial charge in [0.2, 0.25) is 10.0 Å². The average Bonchev–Trinajstić information content (AvgIpc) is 2.87. The Bertz CT molecular complexity index is 851. The van der Waals surface area contributed by atoms with Crippen LogP contribution in [-0.2, 0) is 29.4 Å². The summed E-state index contributed by atoms with van der Waals surface area (Å²) in [6.07, 6.45) is 2.77. The molecule has 1 unspecified atom stereocenters. The van der Waals surface area contributed by atoms with Crippen molar-refractivity contribution in [3.8, 4) is 0 Å². The minimum Gasteiger partial charge on any atom is -0.313 e. The van der Waals surface area contributed by atoms with E-state index in [1.165, 1.54) is 11.1 Å². The first-order valence-electron chi connectivity index (χ1n) is 9.03. The zero-order chi connectivity index (χ0) is 18.6. The molecule has 0 aromatic heterocycles. The van der Waals surface area contributed by atoms with E-state index in [4.69, 9.17) is 11.6 Å². The molecule has 6 heteroatoms. The first-order valence-corrected chi connectivity index (χ1v) is 11.1. The molecule has 4 nitrogen and oxygen atoms in total. The average molecular weight is 393 g/mol. The van der Waals surface area contributed by atoms with Gasteiger partial charge in [-0.15, -0.1) is 0 Å². The van der Waals surface area contributed by atoms with Crippen LogP contribution in [0.4, 0.5) is 0 Å². The lowest BCUT2D eigenvalue weighted by Gasteiger charge is -2.21. The molecular weight excluding hydrogens is 368 g/mol. The molecule has 0 spiro atoms. The molecule has 2 aromatic carbocycles. The maximum atomic E-state index is 12.2. The van der Waals surface area contributed by atoms with Gasteiger partial charge in [0.15, 0.2) is 0 Å². The van der Waals surface area contributed by atoms with Gasteiger partial charge >= 0.3 is 0 Å². The largest absolute Gasteiger partial charge is 0.313 e. The number of fused-ring (bicyclic) bond motifs is 1. The minimum absolute atomic E-state index is 0.0661. The Balaban J connectivity index is 1.91. The van der Waals surface area contributed by atoms with Crippen molar-refractivity contribution in [1.82, 2.24) is 10.0 Å². The number of sulfonamides is 1. The van der Waals surface area contributed by atoms with Crippen molar-refractivity contribution < 1.29 is 8.42 Å². The summed E-state index contributed by atoms with van der Waals surface area (Å²) in [6.45, 7) is 3.50. The first-order chi connectivity index (χ1) is 12.5. The predicted molar refractivity (Wildman–Crippen MR) is 107 cm³/mol. The fraction of sp³-hybridized carbons (Fsp3) is 0.400. The molecule has 2 aromatic rings. The summed E-state index contributed by atoms with van der Waals surface area (Å²) in [5.41, 5.74) is 4.66. The van der Waals surface area contributed by atoms with Gasteiger partial charge in [0.25, 0.3) is 0 Å². The predicted octanol–water partition coefficient (Wildman–Crippen LogP) is 3.60. The highest BCUT2D eigenvalue weighted by molar-refractivity contribution is 7.89. The second-order valence-corrected chi connectivity index (χ2v) is 9.19. The molecule has 3 rings (SSSR count). The summed E-state index contributed by atoms with van der Waals surface area (Å²) in [4.78, 5) is 0. The molecule has 0 saturated heterocycles. The van der Waals surface area contributed by atoms with Gasteiger partial charge in [0.05, 0.1) is 11.8 Å². The van der Waals surface area contributed by atoms with Gasteiger partial charge in [0.1, 0.15) is 0 Å². The van der Waals surface area contributed by atoms with Crippen LogP contribution in [-0.4, -0.2) is 20.7 Å². The van der Waals surface area contributed by atoms with Crippen LogP contribution in [0.5, 0.6) is 0 Å². The van der Waals surface area contributed by atoms with Crippen molar-refractivity contribution in [3.63, 3.8) is 0 Å². The van der Waals surface area contributed by atoms with E-state index in [1.54, 1.807) is 6.92 Å². The highest BCUT2D eigenvalue weighted by Gasteiger charge is 2.20. The molecule has 1 aliphatic rings. The van der Waals surface area contributed by atoms with Crippen molar-refractivity contribution in [2.75, 3.05) is 12.3 Å². The molecule has 0 saturated carbocycles. The maximum Gasteiger partial charge on any atom is 0.211 e. The third-order valence-corrected chi connectivity index (χ3v) is 6.46. The third kappa shape index (κ3) is 5.07. The van der Waals surface area contributed by atoms with Gasteiger partial charge in [-0.25, -0.2) is 13.1 Å². The molecule has 2 N–H and O–H groups in total. The summed E-state index contributed by atoms with van der Waals surface area (Å²) in [7, 11) is -3.32. The number of hydrogen-bond acceptors (Lipinski definition) is 3. The summed E-state index contributed by atoms with van der Waals surface area (Å²) in [5, 5.41) is 4.11. The Hall–Kier alpha value is -1.40. The van der Waals surface area contributed by atoms with E-state index in [9.17, 15) is 8.42 Å². The summed E-state index contributed by atoms with van der Waals surface area (Å²) in [5.74, 6) is 0.0661. The Morgan fingerprint density at radius 3 is 2.65 bits per heavy atom. The van der Waals surface area contributed by atoms with E-state index in [-0.39, 0.29) is 11.8 Å². The molecular formula is C20H25ClN2O2S. The quantitative estimate of drug-likeness (QED) is 0.789. The Kier molecular flexibility index (Phi) is 6.35. The molecule has 1 atom stereocenters. The van der Waals surface area contributed by atoms with Crippen LogP contribution >= 0.6 is 11.6 Å². The summed E-state index contributed by atoms with van der Waals surface area (Å²) in [6, 6.07) is 13.6. The molecule has 26 heavy (non-hydrogen) atoms. The normalized spacial score (nSPS) is 15.9. The van der Waals surface area contributed by atoms with E-state index >= 15 is 0 Å². The minimum atomic E-state index is -3.32. The van der Waals surface area contributed by atoms with Crippen molar-refractivity contribution in [3.05, 3.63) is 69.7 Å². The standard InChI is InChI=1S/C20H25ClN2O2S/c1-2-26(24,25)23-20(12-15-5-9-19(21)10-6-15)17-8-7-16-4-3-11-22-14-18(16)13-17/h5-10,13,20,22-23H,2-4,11-12,14H2,1H3. The second kappa shape index (κ2) is 8.53. The van der Waals surface area contributed by atoms with Crippen molar-refractivity contribution >= 4 is 21.6 Å². The van der Waals surface area contributed by atoms with Crippen molar-refractivity contribution in [2.45, 2.75) is 38.8 Å². The molecule has 0 radical (unpaired) electrons. The lowest BCUT2D eigenvalue weighted by atomic mass is 9.95. The van der Waals surface area contributed by atoms with Crippen LogP contribution in [0.25, 0.3) is 0 Å². The van der Waals surface area contributed by atoms with Gasteiger partial charge < -0.3 is 5.32 Å². The van der Waals surface area contributed by atoms with Crippen LogP contribution in [0.2, 0.25) is 5.02 Å². The fourth-order valence-electron chi connectivity index (χ4n) is 3.28. The Morgan fingerprint density at radius 1 is 1.15 bits per heavy atom. The van der Waals surface area contributed by atoms with Crippen molar-refractivity contribution in [2.24, 2.45) is 0 Å². The lowest BCUT2D eigenvalue weighted by molar-refractivity contribution is 0.555. The Morgan fingerprint density at radius 2 is 1.92 bits per heavy atom. The highest BCUT2D eigenvalue weighted by atomic mass is 35.5. The maximum absolute atomic E-state index is 12.2. The van der Waals surface area contributed by atoms with Crippen LogP contribution in [0, 0.1) is 0 Å². The van der Waals surface area contributed by atoms with Gasteiger partial charge in [-0.1, -0.05) is 41.9 Å². The van der Waals surface area contributed by atoms with E-state index in [2.05, 4.69) is 28.2 Å². The van der Waals surface area contributed by atoms with E-state index in [0.29, 0.717) is 11.4 Å². The number of benzene rings is 2. The van der Waals surface area contributed by atoms with Gasteiger partial charge in [0, 0.05) is 11.6 Å². The number of rotatable bonds is 6. The van der Waals surface area contributed by atoms with Gasteiger partial charge in [-0.05, 0) is 67.1 Å². The van der Waals surface area contributed by atoms with E-state index in [1.807, 2.05) is 24.3 Å². The first kappa shape index (κ1) is 19.4. The van der Waals surface area contributed by atoms with E-state index in [0.717, 1.165) is 37.1 Å². The lowest BCUT2D eigenvalue weighted by Crippen LogP contribution is -2.31. The SMILES string of the molecule is CCS(=O)(=O)NC(Cc1ccc(Cl)cc1)c1ccc2c(c1)CNCCC2. The Labute approximate surface area is 161 Å². The van der Waals surface area contributed by atoms with Crippen LogP contribution in [0.3, 0.4) is 0 Å².